The van der Waals surface area contributed by atoms with Gasteiger partial charge in [0, 0.05) is 25.1 Å². The Morgan fingerprint density at radius 3 is 2.84 bits per heavy atom. The summed E-state index contributed by atoms with van der Waals surface area (Å²) in [5.41, 5.74) is 6.51. The van der Waals surface area contributed by atoms with E-state index < -0.39 is 0 Å². The third kappa shape index (κ3) is 3.07. The van der Waals surface area contributed by atoms with Gasteiger partial charge in [0.2, 0.25) is 5.91 Å². The zero-order chi connectivity index (χ0) is 13.8. The molecule has 104 valence electrons. The van der Waals surface area contributed by atoms with E-state index in [1.807, 2.05) is 12.1 Å². The molecular weight excluding hydrogens is 240 g/mol. The highest BCUT2D eigenvalue weighted by Crippen LogP contribution is 2.32. The maximum absolute atomic E-state index is 12.4. The smallest absolute Gasteiger partial charge is 0.226 e. The van der Waals surface area contributed by atoms with Crippen LogP contribution in [0.5, 0.6) is 5.75 Å². The second-order valence-corrected chi connectivity index (χ2v) is 5.36. The van der Waals surface area contributed by atoms with Gasteiger partial charge < -0.3 is 15.7 Å². The van der Waals surface area contributed by atoms with Gasteiger partial charge in [-0.2, -0.15) is 0 Å². The van der Waals surface area contributed by atoms with Gasteiger partial charge in [0.05, 0.1) is 0 Å². The molecule has 4 nitrogen and oxygen atoms in total. The first-order valence-corrected chi connectivity index (χ1v) is 6.85. The average molecular weight is 262 g/mol. The second-order valence-electron chi connectivity index (χ2n) is 5.36. The van der Waals surface area contributed by atoms with Crippen LogP contribution >= 0.6 is 0 Å². The van der Waals surface area contributed by atoms with Crippen LogP contribution in [0.4, 0.5) is 0 Å². The number of hydrogen-bond donors (Lipinski definition) is 2. The molecule has 1 aliphatic rings. The maximum Gasteiger partial charge on any atom is 0.226 e. The summed E-state index contributed by atoms with van der Waals surface area (Å²) in [5.74, 6) is 0.764. The second kappa shape index (κ2) is 6.06. The van der Waals surface area contributed by atoms with Crippen molar-refractivity contribution in [3.05, 3.63) is 29.8 Å². The molecule has 1 aromatic rings. The zero-order valence-corrected chi connectivity index (χ0v) is 11.4. The molecule has 2 rings (SSSR count). The fraction of sp³-hybridized carbons (Fsp3) is 0.533. The lowest BCUT2D eigenvalue weighted by atomic mass is 9.94. The Hall–Kier alpha value is -1.55. The molecule has 1 aromatic carbocycles. The minimum Gasteiger partial charge on any atom is -0.508 e. The monoisotopic (exact) mass is 262 g/mol. The van der Waals surface area contributed by atoms with E-state index in [1.165, 1.54) is 0 Å². The summed E-state index contributed by atoms with van der Waals surface area (Å²) in [6.07, 6.45) is 3.08. The maximum atomic E-state index is 12.4. The summed E-state index contributed by atoms with van der Waals surface area (Å²) < 4.78 is 0. The van der Waals surface area contributed by atoms with Gasteiger partial charge in [-0.05, 0) is 31.4 Å². The van der Waals surface area contributed by atoms with E-state index >= 15 is 0 Å². The molecule has 3 N–H and O–H groups in total. The van der Waals surface area contributed by atoms with E-state index in [-0.39, 0.29) is 17.6 Å². The molecular formula is C15H22N2O2. The Kier molecular flexibility index (Phi) is 4.43. The topological polar surface area (TPSA) is 66.6 Å². The van der Waals surface area contributed by atoms with Crippen LogP contribution in [-0.4, -0.2) is 29.5 Å². The van der Waals surface area contributed by atoms with E-state index in [0.29, 0.717) is 19.0 Å². The van der Waals surface area contributed by atoms with E-state index in [0.717, 1.165) is 24.8 Å². The predicted octanol–water partition coefficient (Wildman–Crippen LogP) is 1.73. The number of aromatic hydroxyl groups is 1. The van der Waals surface area contributed by atoms with E-state index in [1.54, 1.807) is 24.1 Å². The number of rotatable bonds is 4. The Morgan fingerprint density at radius 2 is 2.16 bits per heavy atom. The quantitative estimate of drug-likeness (QED) is 0.868. The molecule has 2 unspecified atom stereocenters. The van der Waals surface area contributed by atoms with Crippen LogP contribution in [0.15, 0.2) is 24.3 Å². The fourth-order valence-electron chi connectivity index (χ4n) is 2.91. The summed E-state index contributed by atoms with van der Waals surface area (Å²) in [5, 5.41) is 9.75. The van der Waals surface area contributed by atoms with Crippen molar-refractivity contribution in [3.8, 4) is 5.75 Å². The molecule has 1 amide bonds. The van der Waals surface area contributed by atoms with Gasteiger partial charge >= 0.3 is 0 Å². The fourth-order valence-corrected chi connectivity index (χ4v) is 2.91. The highest BCUT2D eigenvalue weighted by molar-refractivity contribution is 5.79. The van der Waals surface area contributed by atoms with Crippen LogP contribution in [0.2, 0.25) is 0 Å². The van der Waals surface area contributed by atoms with Crippen molar-refractivity contribution in [1.29, 1.82) is 0 Å². The molecule has 1 fully saturated rings. The van der Waals surface area contributed by atoms with Gasteiger partial charge in [-0.25, -0.2) is 0 Å². The number of para-hydroxylation sites is 1. The lowest BCUT2D eigenvalue weighted by Gasteiger charge is -2.24. The molecule has 0 radical (unpaired) electrons. The molecule has 0 bridgehead atoms. The molecule has 2 atom stereocenters. The van der Waals surface area contributed by atoms with Crippen molar-refractivity contribution >= 4 is 5.91 Å². The number of carbonyl (C=O) groups is 1. The van der Waals surface area contributed by atoms with Crippen molar-refractivity contribution < 1.29 is 9.90 Å². The minimum atomic E-state index is 0.0563. The first-order chi connectivity index (χ1) is 9.13. The van der Waals surface area contributed by atoms with Gasteiger partial charge in [0.1, 0.15) is 5.75 Å². The molecule has 0 heterocycles. The normalized spacial score (nSPS) is 22.4. The minimum absolute atomic E-state index is 0.0563. The van der Waals surface area contributed by atoms with Crippen molar-refractivity contribution in [2.75, 3.05) is 13.6 Å². The van der Waals surface area contributed by atoms with Crippen LogP contribution in [0, 0.1) is 11.8 Å². The lowest BCUT2D eigenvalue weighted by molar-refractivity contribution is -0.135. The number of carbonyl (C=O) groups excluding carboxylic acids is 1. The number of nitrogens with zero attached hydrogens (tertiary/aromatic N) is 1. The summed E-state index contributed by atoms with van der Waals surface area (Å²) in [4.78, 5) is 14.1. The number of phenolic OH excluding ortho intramolecular Hbond substituents is 1. The molecule has 0 aliphatic heterocycles. The van der Waals surface area contributed by atoms with Crippen LogP contribution in [0.3, 0.4) is 0 Å². The Morgan fingerprint density at radius 1 is 1.42 bits per heavy atom. The predicted molar refractivity (Wildman–Crippen MR) is 74.5 cm³/mol. The van der Waals surface area contributed by atoms with Gasteiger partial charge in [-0.3, -0.25) is 4.79 Å². The van der Waals surface area contributed by atoms with E-state index in [2.05, 4.69) is 0 Å². The summed E-state index contributed by atoms with van der Waals surface area (Å²) in [6, 6.07) is 7.13. The summed E-state index contributed by atoms with van der Waals surface area (Å²) >= 11 is 0. The molecule has 4 heteroatoms. The third-order valence-corrected chi connectivity index (χ3v) is 4.05. The molecule has 0 aromatic heterocycles. The summed E-state index contributed by atoms with van der Waals surface area (Å²) in [6.45, 7) is 1.03. The standard InChI is InChI=1S/C15H22N2O2/c1-17(10-12-5-2-3-8-14(12)18)15(19)13-7-4-6-11(13)9-16/h2-3,5,8,11,13,18H,4,6-7,9-10,16H2,1H3. The molecule has 0 saturated heterocycles. The Bertz CT molecular complexity index is 448. The average Bonchev–Trinajstić information content (AvgIpc) is 2.88. The zero-order valence-electron chi connectivity index (χ0n) is 11.4. The molecule has 19 heavy (non-hydrogen) atoms. The first kappa shape index (κ1) is 13.9. The van der Waals surface area contributed by atoms with Crippen LogP contribution in [0.25, 0.3) is 0 Å². The van der Waals surface area contributed by atoms with Crippen molar-refractivity contribution in [3.63, 3.8) is 0 Å². The lowest BCUT2D eigenvalue weighted by Crippen LogP contribution is -2.36. The van der Waals surface area contributed by atoms with Crippen molar-refractivity contribution in [2.45, 2.75) is 25.8 Å². The van der Waals surface area contributed by atoms with Gasteiger partial charge in [0.25, 0.3) is 0 Å². The Balaban J connectivity index is 2.02. The number of amides is 1. The number of phenols is 1. The SMILES string of the molecule is CN(Cc1ccccc1O)C(=O)C1CCCC1CN. The van der Waals surface area contributed by atoms with E-state index in [9.17, 15) is 9.90 Å². The van der Waals surface area contributed by atoms with Gasteiger partial charge in [-0.15, -0.1) is 0 Å². The number of benzene rings is 1. The highest BCUT2D eigenvalue weighted by atomic mass is 16.3. The van der Waals surface area contributed by atoms with Crippen LogP contribution in [0.1, 0.15) is 24.8 Å². The number of hydrogen-bond acceptors (Lipinski definition) is 3. The Labute approximate surface area is 114 Å². The number of nitrogens with two attached hydrogens (primary N) is 1. The van der Waals surface area contributed by atoms with Crippen molar-refractivity contribution in [2.24, 2.45) is 17.6 Å². The van der Waals surface area contributed by atoms with E-state index in [4.69, 9.17) is 5.73 Å². The van der Waals surface area contributed by atoms with Gasteiger partial charge in [0.15, 0.2) is 0 Å². The third-order valence-electron chi connectivity index (χ3n) is 4.05. The molecule has 1 aliphatic carbocycles. The molecule has 1 saturated carbocycles. The largest absolute Gasteiger partial charge is 0.508 e. The van der Waals surface area contributed by atoms with Crippen molar-refractivity contribution in [1.82, 2.24) is 4.90 Å². The van der Waals surface area contributed by atoms with Crippen LogP contribution in [-0.2, 0) is 11.3 Å². The highest BCUT2D eigenvalue weighted by Gasteiger charge is 2.33. The summed E-state index contributed by atoms with van der Waals surface area (Å²) in [7, 11) is 1.79. The van der Waals surface area contributed by atoms with Crippen LogP contribution < -0.4 is 5.73 Å². The molecule has 0 spiro atoms. The van der Waals surface area contributed by atoms with Gasteiger partial charge in [-0.1, -0.05) is 24.6 Å². The first-order valence-electron chi connectivity index (χ1n) is 6.85.